The number of hydrogen-bond acceptors (Lipinski definition) is 6. The van der Waals surface area contributed by atoms with E-state index >= 15 is 0 Å². The average molecular weight is 411 g/mol. The second kappa shape index (κ2) is 9.78. The van der Waals surface area contributed by atoms with Crippen LogP contribution >= 0.6 is 0 Å². The van der Waals surface area contributed by atoms with Gasteiger partial charge in [0, 0.05) is 5.56 Å². The lowest BCUT2D eigenvalue weighted by atomic mass is 10.0. The average Bonchev–Trinajstić information content (AvgIpc) is 3.21. The van der Waals surface area contributed by atoms with Crippen LogP contribution in [-0.4, -0.2) is 37.5 Å². The van der Waals surface area contributed by atoms with E-state index in [9.17, 15) is 9.59 Å². The van der Waals surface area contributed by atoms with E-state index in [-0.39, 0.29) is 18.6 Å². The monoisotopic (exact) mass is 411 g/mol. The Hall–Kier alpha value is -3.55. The second-order valence-electron chi connectivity index (χ2n) is 7.00. The van der Waals surface area contributed by atoms with Crippen LogP contribution in [0.15, 0.2) is 47.6 Å². The summed E-state index contributed by atoms with van der Waals surface area (Å²) in [6.07, 6.45) is 1.53. The van der Waals surface area contributed by atoms with Crippen LogP contribution in [0.2, 0.25) is 0 Å². The minimum atomic E-state index is -0.750. The van der Waals surface area contributed by atoms with E-state index in [4.69, 9.17) is 14.2 Å². The maximum atomic E-state index is 12.6. The molecule has 0 fully saturated rings. The molecule has 8 nitrogen and oxygen atoms in total. The number of carbonyl (C=O) groups excluding carboxylic acids is 2. The number of ether oxygens (including phenoxy) is 3. The first kappa shape index (κ1) is 21.2. The summed E-state index contributed by atoms with van der Waals surface area (Å²) < 4.78 is 15.9. The van der Waals surface area contributed by atoms with Crippen LogP contribution in [0.25, 0.3) is 0 Å². The molecule has 0 spiro atoms. The predicted molar refractivity (Wildman–Crippen MR) is 112 cm³/mol. The molecule has 158 valence electrons. The summed E-state index contributed by atoms with van der Waals surface area (Å²) in [7, 11) is 0. The smallest absolute Gasteiger partial charge is 0.262 e. The first-order chi connectivity index (χ1) is 14.5. The van der Waals surface area contributed by atoms with Crippen molar-refractivity contribution in [2.45, 2.75) is 26.8 Å². The third-order valence-electron chi connectivity index (χ3n) is 4.45. The number of fused-ring (bicyclic) bond motifs is 1. The molecule has 0 unspecified atom stereocenters. The van der Waals surface area contributed by atoms with Gasteiger partial charge in [-0.25, -0.2) is 5.43 Å². The topological polar surface area (TPSA) is 98.2 Å². The number of nitrogens with one attached hydrogen (secondary N) is 2. The van der Waals surface area contributed by atoms with Gasteiger partial charge in [-0.05, 0) is 60.9 Å². The lowest BCUT2D eigenvalue weighted by Gasteiger charge is -2.20. The molecule has 1 heterocycles. The number of amides is 2. The zero-order chi connectivity index (χ0) is 21.5. The molecule has 1 aliphatic rings. The highest BCUT2D eigenvalue weighted by Gasteiger charge is 2.25. The van der Waals surface area contributed by atoms with Gasteiger partial charge in [-0.1, -0.05) is 13.8 Å². The fourth-order valence-corrected chi connectivity index (χ4v) is 2.85. The Balaban J connectivity index is 1.59. The highest BCUT2D eigenvalue weighted by Crippen LogP contribution is 2.32. The molecule has 1 aliphatic heterocycles. The van der Waals surface area contributed by atoms with Crippen molar-refractivity contribution in [3.63, 3.8) is 0 Å². The molecule has 2 N–H and O–H groups in total. The molecular formula is C22H25N3O5. The zero-order valence-corrected chi connectivity index (χ0v) is 17.2. The summed E-state index contributed by atoms with van der Waals surface area (Å²) in [5, 5.41) is 6.75. The Morgan fingerprint density at radius 3 is 2.57 bits per heavy atom. The second-order valence-corrected chi connectivity index (χ2v) is 7.00. The number of carbonyl (C=O) groups is 2. The Morgan fingerprint density at radius 1 is 1.13 bits per heavy atom. The van der Waals surface area contributed by atoms with Crippen LogP contribution in [0, 0.1) is 5.92 Å². The first-order valence-corrected chi connectivity index (χ1v) is 9.74. The van der Waals surface area contributed by atoms with Crippen molar-refractivity contribution in [1.82, 2.24) is 10.7 Å². The minimum absolute atomic E-state index is 0.129. The number of rotatable bonds is 8. The molecule has 8 heteroatoms. The minimum Gasteiger partial charge on any atom is -0.494 e. The highest BCUT2D eigenvalue weighted by molar-refractivity contribution is 5.98. The van der Waals surface area contributed by atoms with Crippen LogP contribution in [-0.2, 0) is 4.79 Å². The highest BCUT2D eigenvalue weighted by atomic mass is 16.7. The maximum Gasteiger partial charge on any atom is 0.262 e. The third kappa shape index (κ3) is 5.28. The van der Waals surface area contributed by atoms with Crippen molar-refractivity contribution in [2.24, 2.45) is 11.0 Å². The third-order valence-corrected chi connectivity index (χ3v) is 4.45. The van der Waals surface area contributed by atoms with Gasteiger partial charge >= 0.3 is 0 Å². The Labute approximate surface area is 175 Å². The number of nitrogens with zero attached hydrogens (tertiary/aromatic N) is 1. The van der Waals surface area contributed by atoms with Crippen molar-refractivity contribution >= 4 is 18.0 Å². The van der Waals surface area contributed by atoms with Gasteiger partial charge in [0.15, 0.2) is 11.5 Å². The molecule has 3 rings (SSSR count). The van der Waals surface area contributed by atoms with E-state index in [1.54, 1.807) is 18.2 Å². The normalized spacial score (nSPS) is 13.3. The molecule has 1 atom stereocenters. The lowest BCUT2D eigenvalue weighted by molar-refractivity contribution is -0.123. The van der Waals surface area contributed by atoms with Gasteiger partial charge in [0.2, 0.25) is 6.79 Å². The van der Waals surface area contributed by atoms with E-state index in [2.05, 4.69) is 15.8 Å². The molecular weight excluding hydrogens is 386 g/mol. The summed E-state index contributed by atoms with van der Waals surface area (Å²) >= 11 is 0. The van der Waals surface area contributed by atoms with Crippen molar-refractivity contribution in [1.29, 1.82) is 0 Å². The van der Waals surface area contributed by atoms with Gasteiger partial charge in [-0.3, -0.25) is 9.59 Å². The van der Waals surface area contributed by atoms with Crippen LogP contribution in [0.4, 0.5) is 0 Å². The van der Waals surface area contributed by atoms with Gasteiger partial charge in [0.05, 0.1) is 12.8 Å². The predicted octanol–water partition coefficient (Wildman–Crippen LogP) is 2.72. The lowest BCUT2D eigenvalue weighted by Crippen LogP contribution is -2.48. The van der Waals surface area contributed by atoms with Crippen molar-refractivity contribution < 1.29 is 23.8 Å². The Kier molecular flexibility index (Phi) is 6.90. The molecule has 0 aliphatic carbocycles. The van der Waals surface area contributed by atoms with Gasteiger partial charge in [-0.2, -0.15) is 5.10 Å². The van der Waals surface area contributed by atoms with Gasteiger partial charge < -0.3 is 19.5 Å². The zero-order valence-electron chi connectivity index (χ0n) is 17.2. The Morgan fingerprint density at radius 2 is 1.87 bits per heavy atom. The standard InChI is InChI=1S/C22H25N3O5/c1-4-28-17-8-5-15(6-9-17)12-23-25-22(27)20(14(2)3)24-21(26)16-7-10-18-19(11-16)30-13-29-18/h5-12,14,20H,4,13H2,1-3H3,(H,24,26)(H,25,27)/b23-12-/t20-/m0/s1. The summed E-state index contributed by atoms with van der Waals surface area (Å²) in [6, 6.07) is 11.5. The molecule has 0 aromatic heterocycles. The van der Waals surface area contributed by atoms with E-state index in [1.807, 2.05) is 45.0 Å². The van der Waals surface area contributed by atoms with E-state index in [0.717, 1.165) is 11.3 Å². The summed E-state index contributed by atoms with van der Waals surface area (Å²) in [4.78, 5) is 25.2. The van der Waals surface area contributed by atoms with Crippen LogP contribution in [0.3, 0.4) is 0 Å². The van der Waals surface area contributed by atoms with E-state index in [1.165, 1.54) is 6.21 Å². The largest absolute Gasteiger partial charge is 0.494 e. The maximum absolute atomic E-state index is 12.6. The SMILES string of the molecule is CCOc1ccc(/C=N\NC(=O)[C@@H](NC(=O)c2ccc3c(c2)OCO3)C(C)C)cc1. The molecule has 2 aromatic carbocycles. The summed E-state index contributed by atoms with van der Waals surface area (Å²) in [6.45, 7) is 6.34. The molecule has 2 amide bonds. The number of hydrogen-bond donors (Lipinski definition) is 2. The van der Waals surface area contributed by atoms with Crippen molar-refractivity contribution in [3.05, 3.63) is 53.6 Å². The van der Waals surface area contributed by atoms with Crippen LogP contribution in [0.1, 0.15) is 36.7 Å². The van der Waals surface area contributed by atoms with Crippen LogP contribution < -0.4 is 25.0 Å². The molecule has 0 saturated heterocycles. The van der Waals surface area contributed by atoms with E-state index in [0.29, 0.717) is 23.7 Å². The fraction of sp³-hybridized carbons (Fsp3) is 0.318. The van der Waals surface area contributed by atoms with Gasteiger partial charge in [-0.15, -0.1) is 0 Å². The molecule has 0 radical (unpaired) electrons. The van der Waals surface area contributed by atoms with Crippen LogP contribution in [0.5, 0.6) is 17.2 Å². The number of benzene rings is 2. The fourth-order valence-electron chi connectivity index (χ4n) is 2.85. The van der Waals surface area contributed by atoms with Crippen molar-refractivity contribution in [2.75, 3.05) is 13.4 Å². The van der Waals surface area contributed by atoms with Gasteiger partial charge in [0.1, 0.15) is 11.8 Å². The molecule has 0 bridgehead atoms. The summed E-state index contributed by atoms with van der Waals surface area (Å²) in [5.41, 5.74) is 3.68. The van der Waals surface area contributed by atoms with E-state index < -0.39 is 11.9 Å². The molecule has 30 heavy (non-hydrogen) atoms. The quantitative estimate of drug-likeness (QED) is 0.514. The van der Waals surface area contributed by atoms with Gasteiger partial charge in [0.25, 0.3) is 11.8 Å². The Bertz CT molecular complexity index is 925. The molecule has 2 aromatic rings. The number of hydrazone groups is 1. The first-order valence-electron chi connectivity index (χ1n) is 9.74. The van der Waals surface area contributed by atoms with Crippen molar-refractivity contribution in [3.8, 4) is 17.2 Å². The molecule has 0 saturated carbocycles. The summed E-state index contributed by atoms with van der Waals surface area (Å²) in [5.74, 6) is 0.953.